The van der Waals surface area contributed by atoms with Crippen molar-refractivity contribution in [1.82, 2.24) is 0 Å². The van der Waals surface area contributed by atoms with E-state index in [1.165, 1.54) is 26.4 Å². The standard InChI is InChI=1S/C15H14FN3O2/c1-20-14-6-11(18)13(7-15(14)21-2)19-12-4-3-9(8-17)5-10(12)16/h3-7,19H,18H2,1-2H3. The van der Waals surface area contributed by atoms with Crippen molar-refractivity contribution in [1.29, 1.82) is 5.26 Å². The molecule has 0 bridgehead atoms. The molecule has 2 aromatic carbocycles. The van der Waals surface area contributed by atoms with Gasteiger partial charge in [0, 0.05) is 12.1 Å². The molecule has 0 fully saturated rings. The highest BCUT2D eigenvalue weighted by atomic mass is 19.1. The lowest BCUT2D eigenvalue weighted by Gasteiger charge is -2.14. The molecule has 0 aromatic heterocycles. The summed E-state index contributed by atoms with van der Waals surface area (Å²) in [5.74, 6) is 0.423. The average molecular weight is 287 g/mol. The van der Waals surface area contributed by atoms with Crippen molar-refractivity contribution in [2.45, 2.75) is 0 Å². The molecule has 0 saturated carbocycles. The number of hydrogen-bond donors (Lipinski definition) is 2. The largest absolute Gasteiger partial charge is 0.493 e. The first kappa shape index (κ1) is 14.5. The molecule has 0 aliphatic rings. The number of nitrogens with one attached hydrogen (secondary N) is 1. The molecule has 0 heterocycles. The topological polar surface area (TPSA) is 80.3 Å². The van der Waals surface area contributed by atoms with Gasteiger partial charge in [0.1, 0.15) is 5.82 Å². The molecule has 0 saturated heterocycles. The Morgan fingerprint density at radius 3 is 2.33 bits per heavy atom. The highest BCUT2D eigenvalue weighted by Gasteiger charge is 2.11. The average Bonchev–Trinajstić information content (AvgIpc) is 2.50. The lowest BCUT2D eigenvalue weighted by Crippen LogP contribution is -2.01. The van der Waals surface area contributed by atoms with Crippen LogP contribution in [0.15, 0.2) is 30.3 Å². The van der Waals surface area contributed by atoms with E-state index in [4.69, 9.17) is 20.5 Å². The van der Waals surface area contributed by atoms with E-state index in [9.17, 15) is 4.39 Å². The lowest BCUT2D eigenvalue weighted by atomic mass is 10.2. The molecule has 5 nitrogen and oxygen atoms in total. The predicted molar refractivity (Wildman–Crippen MR) is 78.4 cm³/mol. The Morgan fingerprint density at radius 2 is 1.76 bits per heavy atom. The van der Waals surface area contributed by atoms with Crippen molar-refractivity contribution in [2.24, 2.45) is 0 Å². The highest BCUT2D eigenvalue weighted by Crippen LogP contribution is 2.36. The third kappa shape index (κ3) is 2.98. The molecular weight excluding hydrogens is 273 g/mol. The van der Waals surface area contributed by atoms with Gasteiger partial charge in [0.05, 0.1) is 42.9 Å². The number of ether oxygens (including phenoxy) is 2. The molecule has 108 valence electrons. The zero-order chi connectivity index (χ0) is 15.4. The van der Waals surface area contributed by atoms with Gasteiger partial charge in [-0.25, -0.2) is 4.39 Å². The van der Waals surface area contributed by atoms with Crippen molar-refractivity contribution in [3.8, 4) is 17.6 Å². The van der Waals surface area contributed by atoms with E-state index in [0.29, 0.717) is 22.9 Å². The number of halogens is 1. The highest BCUT2D eigenvalue weighted by molar-refractivity contribution is 5.77. The Kier molecular flexibility index (Phi) is 4.14. The number of anilines is 3. The number of nitriles is 1. The molecule has 0 radical (unpaired) electrons. The Bertz CT molecular complexity index is 711. The minimum Gasteiger partial charge on any atom is -0.493 e. The normalized spacial score (nSPS) is 9.81. The molecule has 3 N–H and O–H groups in total. The summed E-state index contributed by atoms with van der Waals surface area (Å²) in [4.78, 5) is 0. The second-order valence-electron chi connectivity index (χ2n) is 4.23. The third-order valence-corrected chi connectivity index (χ3v) is 2.92. The Labute approximate surface area is 121 Å². The van der Waals surface area contributed by atoms with Crippen LogP contribution in [0.1, 0.15) is 5.56 Å². The molecule has 2 aromatic rings. The number of nitrogens with zero attached hydrogens (tertiary/aromatic N) is 1. The molecular formula is C15H14FN3O2. The molecule has 0 unspecified atom stereocenters. The van der Waals surface area contributed by atoms with Crippen LogP contribution in [-0.2, 0) is 0 Å². The third-order valence-electron chi connectivity index (χ3n) is 2.92. The van der Waals surface area contributed by atoms with Crippen LogP contribution in [0.2, 0.25) is 0 Å². The van der Waals surface area contributed by atoms with E-state index in [-0.39, 0.29) is 11.3 Å². The van der Waals surface area contributed by atoms with Crippen molar-refractivity contribution in [2.75, 3.05) is 25.3 Å². The van der Waals surface area contributed by atoms with Crippen LogP contribution < -0.4 is 20.5 Å². The summed E-state index contributed by atoms with van der Waals surface area (Å²) >= 11 is 0. The maximum atomic E-state index is 13.9. The van der Waals surface area contributed by atoms with Crippen molar-refractivity contribution in [3.63, 3.8) is 0 Å². The summed E-state index contributed by atoms with van der Waals surface area (Å²) in [6.07, 6.45) is 0. The maximum absolute atomic E-state index is 13.9. The second-order valence-corrected chi connectivity index (χ2v) is 4.23. The molecule has 0 aliphatic heterocycles. The van der Waals surface area contributed by atoms with Gasteiger partial charge >= 0.3 is 0 Å². The van der Waals surface area contributed by atoms with E-state index < -0.39 is 5.82 Å². The van der Waals surface area contributed by atoms with Gasteiger partial charge in [-0.15, -0.1) is 0 Å². The van der Waals surface area contributed by atoms with Gasteiger partial charge in [-0.3, -0.25) is 0 Å². The van der Waals surface area contributed by atoms with Gasteiger partial charge in [0.15, 0.2) is 11.5 Å². The first-order chi connectivity index (χ1) is 10.1. The number of nitrogens with two attached hydrogens (primary N) is 1. The smallest absolute Gasteiger partial charge is 0.162 e. The zero-order valence-corrected chi connectivity index (χ0v) is 11.6. The van der Waals surface area contributed by atoms with Crippen molar-refractivity contribution >= 4 is 17.1 Å². The van der Waals surface area contributed by atoms with Crippen molar-refractivity contribution < 1.29 is 13.9 Å². The molecule has 0 aliphatic carbocycles. The molecule has 0 spiro atoms. The Hall–Kier alpha value is -2.94. The number of benzene rings is 2. The van der Waals surface area contributed by atoms with E-state index >= 15 is 0 Å². The fraction of sp³-hybridized carbons (Fsp3) is 0.133. The monoisotopic (exact) mass is 287 g/mol. The molecule has 0 atom stereocenters. The van der Waals surface area contributed by atoms with Crippen LogP contribution in [0.5, 0.6) is 11.5 Å². The van der Waals surface area contributed by atoms with Crippen LogP contribution in [0.3, 0.4) is 0 Å². The molecule has 2 rings (SSSR count). The van der Waals surface area contributed by atoms with E-state index in [1.54, 1.807) is 12.1 Å². The second kappa shape index (κ2) is 6.01. The summed E-state index contributed by atoms with van der Waals surface area (Å²) in [5, 5.41) is 11.6. The number of hydrogen-bond acceptors (Lipinski definition) is 5. The van der Waals surface area contributed by atoms with Gasteiger partial charge < -0.3 is 20.5 Å². The predicted octanol–water partition coefficient (Wildman–Crippen LogP) is 3.04. The van der Waals surface area contributed by atoms with Gasteiger partial charge in [-0.05, 0) is 18.2 Å². The van der Waals surface area contributed by atoms with Gasteiger partial charge in [0.2, 0.25) is 0 Å². The summed E-state index contributed by atoms with van der Waals surface area (Å²) in [7, 11) is 3.00. The van der Waals surface area contributed by atoms with E-state index in [0.717, 1.165) is 6.07 Å². The van der Waals surface area contributed by atoms with E-state index in [2.05, 4.69) is 5.32 Å². The zero-order valence-electron chi connectivity index (χ0n) is 11.6. The summed E-state index contributed by atoms with van der Waals surface area (Å²) in [5.41, 5.74) is 7.23. The fourth-order valence-corrected chi connectivity index (χ4v) is 1.83. The van der Waals surface area contributed by atoms with Crippen LogP contribution in [0.25, 0.3) is 0 Å². The van der Waals surface area contributed by atoms with Gasteiger partial charge in [-0.1, -0.05) is 0 Å². The number of nitrogen functional groups attached to an aromatic ring is 1. The Morgan fingerprint density at radius 1 is 1.10 bits per heavy atom. The summed E-state index contributed by atoms with van der Waals surface area (Å²) in [6.45, 7) is 0. The quantitative estimate of drug-likeness (QED) is 0.845. The SMILES string of the molecule is COc1cc(N)c(Nc2ccc(C#N)cc2F)cc1OC. The minimum atomic E-state index is -0.539. The summed E-state index contributed by atoms with van der Waals surface area (Å²) < 4.78 is 24.2. The maximum Gasteiger partial charge on any atom is 0.162 e. The first-order valence-corrected chi connectivity index (χ1v) is 6.07. The van der Waals surface area contributed by atoms with Crippen LogP contribution >= 0.6 is 0 Å². The molecule has 6 heteroatoms. The summed E-state index contributed by atoms with van der Waals surface area (Å²) in [6, 6.07) is 9.22. The number of methoxy groups -OCH3 is 2. The first-order valence-electron chi connectivity index (χ1n) is 6.07. The van der Waals surface area contributed by atoms with Crippen LogP contribution in [-0.4, -0.2) is 14.2 Å². The van der Waals surface area contributed by atoms with Gasteiger partial charge in [0.25, 0.3) is 0 Å². The van der Waals surface area contributed by atoms with Crippen LogP contribution in [0, 0.1) is 17.1 Å². The Balaban J connectivity index is 2.38. The fourth-order valence-electron chi connectivity index (χ4n) is 1.83. The molecule has 21 heavy (non-hydrogen) atoms. The lowest BCUT2D eigenvalue weighted by molar-refractivity contribution is 0.355. The minimum absolute atomic E-state index is 0.216. The van der Waals surface area contributed by atoms with E-state index in [1.807, 2.05) is 6.07 Å². The van der Waals surface area contributed by atoms with Gasteiger partial charge in [-0.2, -0.15) is 5.26 Å². The van der Waals surface area contributed by atoms with Crippen molar-refractivity contribution in [3.05, 3.63) is 41.7 Å². The van der Waals surface area contributed by atoms with Crippen LogP contribution in [0.4, 0.5) is 21.5 Å². The molecule has 0 amide bonds. The number of rotatable bonds is 4.